The summed E-state index contributed by atoms with van der Waals surface area (Å²) in [6, 6.07) is 0. The van der Waals surface area contributed by atoms with Crippen LogP contribution in [0.3, 0.4) is 0 Å². The first-order chi connectivity index (χ1) is 9.25. The van der Waals surface area contributed by atoms with Gasteiger partial charge in [0.25, 0.3) is 0 Å². The second kappa shape index (κ2) is 5.51. The molecule has 0 radical (unpaired) electrons. The SMILES string of the molecule is COC(=O)c1c(I)sc2c1CCN(C(=O)C(F)(F)F)C2. The van der Waals surface area contributed by atoms with Gasteiger partial charge in [-0.2, -0.15) is 13.2 Å². The van der Waals surface area contributed by atoms with Gasteiger partial charge in [0, 0.05) is 11.4 Å². The van der Waals surface area contributed by atoms with E-state index >= 15 is 0 Å². The van der Waals surface area contributed by atoms with Crippen LogP contribution in [0.2, 0.25) is 0 Å². The zero-order valence-corrected chi connectivity index (χ0v) is 13.2. The standard InChI is InChI=1S/C11H9F3INO3S/c1-19-9(17)7-5-2-3-16(10(18)11(12,13)14)4-6(5)20-8(7)15/h2-4H2,1H3. The lowest BCUT2D eigenvalue weighted by Crippen LogP contribution is -2.43. The highest BCUT2D eigenvalue weighted by Crippen LogP contribution is 2.35. The van der Waals surface area contributed by atoms with Crippen molar-refractivity contribution in [3.63, 3.8) is 0 Å². The molecule has 110 valence electrons. The molecule has 1 aliphatic heterocycles. The van der Waals surface area contributed by atoms with E-state index in [2.05, 4.69) is 4.74 Å². The van der Waals surface area contributed by atoms with E-state index in [1.165, 1.54) is 18.4 Å². The molecule has 0 saturated heterocycles. The van der Waals surface area contributed by atoms with E-state index in [0.29, 0.717) is 18.9 Å². The molecule has 1 aliphatic rings. The zero-order chi connectivity index (χ0) is 15.1. The van der Waals surface area contributed by atoms with Crippen molar-refractivity contribution in [3.05, 3.63) is 18.9 Å². The van der Waals surface area contributed by atoms with Gasteiger partial charge in [-0.15, -0.1) is 11.3 Å². The van der Waals surface area contributed by atoms with Gasteiger partial charge in [-0.25, -0.2) is 4.79 Å². The molecule has 0 aliphatic carbocycles. The summed E-state index contributed by atoms with van der Waals surface area (Å²) in [5.41, 5.74) is 1.10. The molecular weight excluding hydrogens is 410 g/mol. The van der Waals surface area contributed by atoms with E-state index in [4.69, 9.17) is 0 Å². The number of esters is 1. The molecule has 0 atom stereocenters. The summed E-state index contributed by atoms with van der Waals surface area (Å²) in [6.45, 7) is -0.173. The molecule has 1 amide bonds. The summed E-state index contributed by atoms with van der Waals surface area (Å²) in [5.74, 6) is -2.34. The Labute approximate surface area is 130 Å². The third-order valence-electron chi connectivity index (χ3n) is 2.93. The largest absolute Gasteiger partial charge is 0.471 e. The number of amides is 1. The van der Waals surface area contributed by atoms with Crippen molar-refractivity contribution in [2.24, 2.45) is 0 Å². The van der Waals surface area contributed by atoms with Crippen LogP contribution in [-0.2, 0) is 22.5 Å². The van der Waals surface area contributed by atoms with Gasteiger partial charge in [0.05, 0.1) is 22.1 Å². The number of ether oxygens (including phenoxy) is 1. The zero-order valence-electron chi connectivity index (χ0n) is 10.2. The van der Waals surface area contributed by atoms with E-state index in [0.717, 1.165) is 4.90 Å². The molecule has 0 spiro atoms. The quantitative estimate of drug-likeness (QED) is 0.520. The highest BCUT2D eigenvalue weighted by atomic mass is 127. The number of nitrogens with zero attached hydrogens (tertiary/aromatic N) is 1. The normalized spacial score (nSPS) is 14.9. The molecule has 9 heteroatoms. The molecule has 1 aromatic heterocycles. The number of fused-ring (bicyclic) bond motifs is 1. The molecule has 0 saturated carbocycles. The Balaban J connectivity index is 2.29. The van der Waals surface area contributed by atoms with Gasteiger partial charge in [-0.05, 0) is 34.6 Å². The second-order valence-corrected chi connectivity index (χ2v) is 7.03. The van der Waals surface area contributed by atoms with Gasteiger partial charge in [0.15, 0.2) is 0 Å². The maximum atomic E-state index is 12.4. The summed E-state index contributed by atoms with van der Waals surface area (Å²) in [4.78, 5) is 24.3. The van der Waals surface area contributed by atoms with Crippen LogP contribution in [0, 0.1) is 2.88 Å². The molecule has 20 heavy (non-hydrogen) atoms. The summed E-state index contributed by atoms with van der Waals surface area (Å²) in [7, 11) is 1.25. The molecule has 0 N–H and O–H groups in total. The molecule has 1 aromatic rings. The lowest BCUT2D eigenvalue weighted by Gasteiger charge is -2.27. The Hall–Kier alpha value is -0.840. The smallest absolute Gasteiger partial charge is 0.465 e. The maximum Gasteiger partial charge on any atom is 0.471 e. The third kappa shape index (κ3) is 2.78. The summed E-state index contributed by atoms with van der Waals surface area (Å²) in [5, 5.41) is 0. The lowest BCUT2D eigenvalue weighted by molar-refractivity contribution is -0.186. The van der Waals surface area contributed by atoms with Crippen molar-refractivity contribution >= 4 is 45.8 Å². The number of rotatable bonds is 1. The lowest BCUT2D eigenvalue weighted by atomic mass is 10.0. The van der Waals surface area contributed by atoms with Gasteiger partial charge in [0.1, 0.15) is 0 Å². The number of halogens is 4. The first-order valence-corrected chi connectivity index (χ1v) is 7.39. The molecule has 4 nitrogen and oxygen atoms in total. The Bertz CT molecular complexity index is 570. The minimum atomic E-state index is -4.87. The molecular formula is C11H9F3INO3S. The Morgan fingerprint density at radius 3 is 2.60 bits per heavy atom. The highest BCUT2D eigenvalue weighted by molar-refractivity contribution is 14.1. The fourth-order valence-electron chi connectivity index (χ4n) is 2.03. The average Bonchev–Trinajstić information content (AvgIpc) is 2.70. The average molecular weight is 419 g/mol. The van der Waals surface area contributed by atoms with Crippen LogP contribution in [0.4, 0.5) is 13.2 Å². The van der Waals surface area contributed by atoms with E-state index in [9.17, 15) is 22.8 Å². The number of methoxy groups -OCH3 is 1. The first-order valence-electron chi connectivity index (χ1n) is 5.50. The number of thiophene rings is 1. The molecule has 0 aromatic carbocycles. The van der Waals surface area contributed by atoms with Crippen LogP contribution >= 0.6 is 33.9 Å². The minimum Gasteiger partial charge on any atom is -0.465 e. The van der Waals surface area contributed by atoms with Crippen LogP contribution in [0.25, 0.3) is 0 Å². The van der Waals surface area contributed by atoms with E-state index in [1.807, 2.05) is 22.6 Å². The molecule has 0 unspecified atom stereocenters. The van der Waals surface area contributed by atoms with Crippen molar-refractivity contribution in [2.75, 3.05) is 13.7 Å². The van der Waals surface area contributed by atoms with Crippen molar-refractivity contribution < 1.29 is 27.5 Å². The molecule has 2 heterocycles. The summed E-state index contributed by atoms with van der Waals surface area (Å²) >= 11 is 3.17. The number of hydrogen-bond donors (Lipinski definition) is 0. The van der Waals surface area contributed by atoms with Crippen LogP contribution in [0.5, 0.6) is 0 Å². The Kier molecular flexibility index (Phi) is 4.28. The van der Waals surface area contributed by atoms with E-state index in [-0.39, 0.29) is 19.5 Å². The fraction of sp³-hybridized carbons (Fsp3) is 0.455. The van der Waals surface area contributed by atoms with Crippen LogP contribution in [0.15, 0.2) is 0 Å². The van der Waals surface area contributed by atoms with Gasteiger partial charge in [-0.1, -0.05) is 0 Å². The molecule has 0 fully saturated rings. The Morgan fingerprint density at radius 1 is 1.40 bits per heavy atom. The fourth-order valence-corrected chi connectivity index (χ4v) is 4.44. The molecule has 0 bridgehead atoms. The minimum absolute atomic E-state index is 0.0534. The second-order valence-electron chi connectivity index (χ2n) is 4.12. The number of hydrogen-bond acceptors (Lipinski definition) is 4. The predicted molar refractivity (Wildman–Crippen MR) is 73.6 cm³/mol. The van der Waals surface area contributed by atoms with Crippen molar-refractivity contribution in [1.29, 1.82) is 0 Å². The topological polar surface area (TPSA) is 46.6 Å². The van der Waals surface area contributed by atoms with Crippen LogP contribution < -0.4 is 0 Å². The van der Waals surface area contributed by atoms with Gasteiger partial charge in [0.2, 0.25) is 0 Å². The van der Waals surface area contributed by atoms with Gasteiger partial charge < -0.3 is 9.64 Å². The van der Waals surface area contributed by atoms with Crippen molar-refractivity contribution in [1.82, 2.24) is 4.90 Å². The van der Waals surface area contributed by atoms with Crippen LogP contribution in [-0.4, -0.2) is 36.6 Å². The van der Waals surface area contributed by atoms with Crippen molar-refractivity contribution in [2.45, 2.75) is 19.1 Å². The van der Waals surface area contributed by atoms with Crippen molar-refractivity contribution in [3.8, 4) is 0 Å². The summed E-state index contributed by atoms with van der Waals surface area (Å²) < 4.78 is 42.6. The monoisotopic (exact) mass is 419 g/mol. The predicted octanol–water partition coefficient (Wildman–Crippen LogP) is 2.59. The van der Waals surface area contributed by atoms with E-state index < -0.39 is 18.1 Å². The number of carbonyl (C=O) groups is 2. The third-order valence-corrected chi connectivity index (χ3v) is 5.14. The molecule has 2 rings (SSSR count). The number of carbonyl (C=O) groups excluding carboxylic acids is 2. The summed E-state index contributed by atoms with van der Waals surface area (Å²) in [6.07, 6.45) is -4.64. The first kappa shape index (κ1) is 15.5. The van der Waals surface area contributed by atoms with E-state index in [1.54, 1.807) is 0 Å². The van der Waals surface area contributed by atoms with Gasteiger partial charge in [-0.3, -0.25) is 4.79 Å². The Morgan fingerprint density at radius 2 is 2.05 bits per heavy atom. The van der Waals surface area contributed by atoms with Gasteiger partial charge >= 0.3 is 18.1 Å². The highest BCUT2D eigenvalue weighted by Gasteiger charge is 2.43. The van der Waals surface area contributed by atoms with Crippen LogP contribution in [0.1, 0.15) is 20.8 Å². The number of alkyl halides is 3. The maximum absolute atomic E-state index is 12.4.